The molecule has 0 aromatic heterocycles. The third-order valence-corrected chi connectivity index (χ3v) is 5.22. The van der Waals surface area contributed by atoms with E-state index in [1.54, 1.807) is 0 Å². The zero-order valence-electron chi connectivity index (χ0n) is 21.0. The highest BCUT2D eigenvalue weighted by Crippen LogP contribution is 2.32. The van der Waals surface area contributed by atoms with Crippen LogP contribution in [0.1, 0.15) is 119 Å². The summed E-state index contributed by atoms with van der Waals surface area (Å²) in [6.45, 7) is 11.1. The average molecular weight is 441 g/mol. The molecule has 0 aromatic rings. The van der Waals surface area contributed by atoms with Gasteiger partial charge in [-0.25, -0.2) is 0 Å². The van der Waals surface area contributed by atoms with E-state index >= 15 is 0 Å². The van der Waals surface area contributed by atoms with Crippen molar-refractivity contribution in [2.75, 3.05) is 13.1 Å². The largest absolute Gasteiger partial charge is 0.677 e. The highest BCUT2D eigenvalue weighted by molar-refractivity contribution is 6.05. The summed E-state index contributed by atoms with van der Waals surface area (Å²) in [6, 6.07) is 0. The van der Waals surface area contributed by atoms with E-state index in [2.05, 4.69) is 13.8 Å². The minimum atomic E-state index is -1.16. The molecule has 0 aliphatic heterocycles. The highest BCUT2D eigenvalue weighted by atomic mass is 16.2. The standard InChI is InChI=1S/C13H20O4.2C6H14N/c1-9(14)5-7-13(11(3)16,12(4)17)8-6-10(2)15;2*1-2-3-4-5-6-7/h5-8H2,1-4H3;2*7H,2-6H2,1H3/q;2*-1. The molecule has 0 fully saturated rings. The first kappa shape index (κ1) is 34.2. The van der Waals surface area contributed by atoms with Crippen molar-refractivity contribution in [3.63, 3.8) is 0 Å². The third kappa shape index (κ3) is 21.6. The monoisotopic (exact) mass is 440 g/mol. The van der Waals surface area contributed by atoms with Gasteiger partial charge in [-0.05, 0) is 40.5 Å². The van der Waals surface area contributed by atoms with E-state index in [-0.39, 0.29) is 48.8 Å². The summed E-state index contributed by atoms with van der Waals surface area (Å²) in [4.78, 5) is 45.3. The molecule has 6 nitrogen and oxygen atoms in total. The Labute approximate surface area is 191 Å². The predicted octanol–water partition coefficient (Wildman–Crippen LogP) is 7.13. The minimum absolute atomic E-state index is 0.0558. The molecule has 0 saturated carbocycles. The van der Waals surface area contributed by atoms with Crippen LogP contribution in [0.2, 0.25) is 0 Å². The Morgan fingerprint density at radius 2 is 0.903 bits per heavy atom. The molecule has 0 heterocycles. The van der Waals surface area contributed by atoms with Gasteiger partial charge >= 0.3 is 0 Å². The summed E-state index contributed by atoms with van der Waals surface area (Å²) in [5.74, 6) is -0.626. The first-order valence-corrected chi connectivity index (χ1v) is 11.9. The maximum absolute atomic E-state index is 11.7. The van der Waals surface area contributed by atoms with Gasteiger partial charge in [0.05, 0.1) is 5.41 Å². The van der Waals surface area contributed by atoms with Crippen molar-refractivity contribution in [1.29, 1.82) is 0 Å². The zero-order chi connectivity index (χ0) is 24.7. The first-order chi connectivity index (χ1) is 14.5. The zero-order valence-corrected chi connectivity index (χ0v) is 21.0. The van der Waals surface area contributed by atoms with E-state index in [1.165, 1.54) is 66.2 Å². The van der Waals surface area contributed by atoms with Crippen LogP contribution in [0.5, 0.6) is 0 Å². The van der Waals surface area contributed by atoms with Crippen LogP contribution in [-0.2, 0) is 19.2 Å². The van der Waals surface area contributed by atoms with Crippen molar-refractivity contribution in [2.24, 2.45) is 5.41 Å². The lowest BCUT2D eigenvalue weighted by Crippen LogP contribution is -2.37. The van der Waals surface area contributed by atoms with Crippen LogP contribution < -0.4 is 0 Å². The average Bonchev–Trinajstić information content (AvgIpc) is 2.69. The molecule has 0 aliphatic rings. The lowest BCUT2D eigenvalue weighted by molar-refractivity contribution is -0.140. The van der Waals surface area contributed by atoms with Crippen molar-refractivity contribution in [1.82, 2.24) is 0 Å². The number of nitrogens with one attached hydrogen (secondary N) is 2. The number of carbonyl (C=O) groups excluding carboxylic acids is 4. The van der Waals surface area contributed by atoms with E-state index in [0.717, 1.165) is 12.8 Å². The number of Topliss-reactive ketones (excluding diaryl/α,β-unsaturated/α-hetero) is 4. The molecule has 6 heteroatoms. The van der Waals surface area contributed by atoms with Gasteiger partial charge < -0.3 is 21.1 Å². The van der Waals surface area contributed by atoms with Crippen LogP contribution in [0, 0.1) is 5.41 Å². The van der Waals surface area contributed by atoms with Crippen LogP contribution in [0.25, 0.3) is 11.5 Å². The van der Waals surface area contributed by atoms with Crippen LogP contribution in [0.3, 0.4) is 0 Å². The van der Waals surface area contributed by atoms with Crippen LogP contribution in [-0.4, -0.2) is 36.2 Å². The number of rotatable bonds is 16. The maximum Gasteiger partial charge on any atom is 0.143 e. The van der Waals surface area contributed by atoms with Crippen molar-refractivity contribution < 1.29 is 19.2 Å². The van der Waals surface area contributed by atoms with Crippen molar-refractivity contribution >= 4 is 23.1 Å². The van der Waals surface area contributed by atoms with E-state index in [1.807, 2.05) is 0 Å². The second-order valence-corrected chi connectivity index (χ2v) is 8.22. The van der Waals surface area contributed by atoms with Crippen LogP contribution in [0.4, 0.5) is 0 Å². The number of ketones is 4. The molecule has 31 heavy (non-hydrogen) atoms. The smallest absolute Gasteiger partial charge is 0.143 e. The van der Waals surface area contributed by atoms with E-state index < -0.39 is 5.41 Å². The molecule has 0 unspecified atom stereocenters. The van der Waals surface area contributed by atoms with Crippen molar-refractivity contribution in [3.05, 3.63) is 11.5 Å². The van der Waals surface area contributed by atoms with Gasteiger partial charge in [-0.1, -0.05) is 65.2 Å². The number of hydrogen-bond donors (Lipinski definition) is 0. The fourth-order valence-electron chi connectivity index (χ4n) is 2.96. The van der Waals surface area contributed by atoms with Gasteiger partial charge in [-0.3, -0.25) is 9.59 Å². The van der Waals surface area contributed by atoms with E-state index in [4.69, 9.17) is 11.5 Å². The summed E-state index contributed by atoms with van der Waals surface area (Å²) >= 11 is 0. The molecule has 2 N–H and O–H groups in total. The van der Waals surface area contributed by atoms with Gasteiger partial charge in [0, 0.05) is 12.8 Å². The van der Waals surface area contributed by atoms with Crippen LogP contribution in [0.15, 0.2) is 0 Å². The number of carbonyl (C=O) groups is 4. The van der Waals surface area contributed by atoms with Gasteiger partial charge in [0.1, 0.15) is 23.1 Å². The third-order valence-electron chi connectivity index (χ3n) is 5.22. The molecule has 0 spiro atoms. The number of hydrogen-bond acceptors (Lipinski definition) is 4. The predicted molar refractivity (Wildman–Crippen MR) is 130 cm³/mol. The molecule has 0 aliphatic carbocycles. The van der Waals surface area contributed by atoms with Crippen molar-refractivity contribution in [3.8, 4) is 0 Å². The normalized spacial score (nSPS) is 10.3. The van der Waals surface area contributed by atoms with Gasteiger partial charge in [-0.2, -0.15) is 13.1 Å². The molecule has 0 amide bonds. The fraction of sp³-hybridized carbons (Fsp3) is 0.840. The fourth-order valence-corrected chi connectivity index (χ4v) is 2.96. The molecule has 0 rings (SSSR count). The first-order valence-electron chi connectivity index (χ1n) is 11.9. The second kappa shape index (κ2) is 23.3. The lowest BCUT2D eigenvalue weighted by Gasteiger charge is -2.27. The van der Waals surface area contributed by atoms with Gasteiger partial charge in [0.2, 0.25) is 0 Å². The second-order valence-electron chi connectivity index (χ2n) is 8.22. The topological polar surface area (TPSA) is 116 Å². The Morgan fingerprint density at radius 1 is 0.581 bits per heavy atom. The SMILES string of the molecule is CC(=O)CCC(CCC(C)=O)(C(C)=O)C(C)=O.CCCCCC[NH-].CCCCCC[NH-]. The lowest BCUT2D eigenvalue weighted by atomic mass is 9.72. The Hall–Kier alpha value is -1.40. The van der Waals surface area contributed by atoms with E-state index in [9.17, 15) is 19.2 Å². The minimum Gasteiger partial charge on any atom is -0.677 e. The quantitative estimate of drug-likeness (QED) is 0.187. The molecule has 184 valence electrons. The molecule has 0 atom stereocenters. The summed E-state index contributed by atoms with van der Waals surface area (Å²) in [7, 11) is 0. The van der Waals surface area contributed by atoms with Crippen LogP contribution >= 0.6 is 0 Å². The Kier molecular flexibility index (Phi) is 25.7. The summed E-state index contributed by atoms with van der Waals surface area (Å²) < 4.78 is 0. The molecular formula is C25H48N2O4-2. The summed E-state index contributed by atoms with van der Waals surface area (Å²) in [5, 5.41) is 0. The number of unbranched alkanes of at least 4 members (excludes halogenated alkanes) is 6. The van der Waals surface area contributed by atoms with Crippen molar-refractivity contribution in [2.45, 2.75) is 119 Å². The molecule has 0 aromatic carbocycles. The van der Waals surface area contributed by atoms with E-state index in [0.29, 0.717) is 13.1 Å². The molecule has 0 bridgehead atoms. The van der Waals surface area contributed by atoms with Gasteiger partial charge in [-0.15, -0.1) is 0 Å². The molecule has 0 saturated heterocycles. The summed E-state index contributed by atoms with van der Waals surface area (Å²) in [6.07, 6.45) is 10.6. The summed E-state index contributed by atoms with van der Waals surface area (Å²) in [5.41, 5.74) is 12.4. The maximum atomic E-state index is 11.7. The molecular weight excluding hydrogens is 392 g/mol. The van der Waals surface area contributed by atoms with Gasteiger partial charge in [0.25, 0.3) is 0 Å². The Morgan fingerprint density at radius 3 is 1.10 bits per heavy atom. The highest BCUT2D eigenvalue weighted by Gasteiger charge is 2.39. The Balaban J connectivity index is -0.000000460. The van der Waals surface area contributed by atoms with Gasteiger partial charge in [0.15, 0.2) is 0 Å². The molecule has 0 radical (unpaired) electrons. The Bertz CT molecular complexity index is 438.